The zero-order valence-corrected chi connectivity index (χ0v) is 20.2. The minimum Gasteiger partial charge on any atom is -0.357 e. The first-order valence-electron chi connectivity index (χ1n) is 12.9. The van der Waals surface area contributed by atoms with E-state index in [-0.39, 0.29) is 17.1 Å². The number of pyridine rings is 1. The van der Waals surface area contributed by atoms with Crippen LogP contribution in [0.1, 0.15) is 46.3 Å². The minimum absolute atomic E-state index is 0.0487. The molecule has 1 saturated heterocycles. The Balaban J connectivity index is 1.39. The molecule has 0 bridgehead atoms. The Hall–Kier alpha value is -4.01. The van der Waals surface area contributed by atoms with Crippen molar-refractivity contribution in [2.24, 2.45) is 0 Å². The number of hydrogen-bond donors (Lipinski definition) is 2. The summed E-state index contributed by atoms with van der Waals surface area (Å²) in [5.74, 6) is 0. The first-order chi connectivity index (χ1) is 18.2. The Bertz CT molecular complexity index is 1670. The molecule has 8 nitrogen and oxygen atoms in total. The van der Waals surface area contributed by atoms with Gasteiger partial charge in [0.05, 0.1) is 5.69 Å². The first-order valence-corrected chi connectivity index (χ1v) is 12.9. The lowest BCUT2D eigenvalue weighted by molar-refractivity contribution is -0.550. The molecule has 0 aliphatic carbocycles. The number of aromatic nitrogens is 3. The Labute approximate surface area is 213 Å². The van der Waals surface area contributed by atoms with Crippen LogP contribution in [0.5, 0.6) is 0 Å². The highest BCUT2D eigenvalue weighted by atomic mass is 16.6. The van der Waals surface area contributed by atoms with Crippen LogP contribution < -0.4 is 0 Å². The van der Waals surface area contributed by atoms with Crippen molar-refractivity contribution in [1.29, 1.82) is 0 Å². The average Bonchev–Trinajstić information content (AvgIpc) is 3.51. The van der Waals surface area contributed by atoms with Crippen molar-refractivity contribution < 1.29 is 4.92 Å². The van der Waals surface area contributed by atoms with E-state index in [0.717, 1.165) is 48.2 Å². The van der Waals surface area contributed by atoms with Gasteiger partial charge in [-0.1, -0.05) is 42.5 Å². The summed E-state index contributed by atoms with van der Waals surface area (Å²) in [6, 6.07) is 19.0. The Morgan fingerprint density at radius 2 is 1.43 bits per heavy atom. The highest BCUT2D eigenvalue weighted by Gasteiger charge is 2.58. The Kier molecular flexibility index (Phi) is 4.42. The minimum atomic E-state index is -0.835. The third kappa shape index (κ3) is 2.88. The van der Waals surface area contributed by atoms with Gasteiger partial charge in [0.15, 0.2) is 0 Å². The van der Waals surface area contributed by atoms with E-state index < -0.39 is 12.1 Å². The van der Waals surface area contributed by atoms with Gasteiger partial charge in [-0.25, -0.2) is 0 Å². The number of rotatable bonds is 2. The second kappa shape index (κ2) is 7.74. The standard InChI is InChI=1S/C29H26N6O2/c36-35(37)28-26(17-6-5-13-30-16-17)33-14-12-21-19-8-2-4-10-23(19)32-25(21)29(33)34-15-11-20-18-7-1-3-9-22(18)31-24(20)27(28)34/h1-10,13,16,26-29,31-32H,11-12,14-15H2/t26-,27+,28-,29-/m0/s1. The highest BCUT2D eigenvalue weighted by Crippen LogP contribution is 2.54. The van der Waals surface area contributed by atoms with Gasteiger partial charge in [-0.05, 0) is 47.7 Å². The van der Waals surface area contributed by atoms with Gasteiger partial charge in [-0.2, -0.15) is 0 Å². The highest BCUT2D eigenvalue weighted by molar-refractivity contribution is 5.86. The van der Waals surface area contributed by atoms with Crippen LogP contribution in [0.25, 0.3) is 21.8 Å². The van der Waals surface area contributed by atoms with Crippen molar-refractivity contribution in [3.8, 4) is 0 Å². The molecule has 3 aliphatic heterocycles. The topological polar surface area (TPSA) is 94.1 Å². The van der Waals surface area contributed by atoms with Crippen LogP contribution in [-0.2, 0) is 12.8 Å². The van der Waals surface area contributed by atoms with Crippen LogP contribution in [0, 0.1) is 10.1 Å². The predicted molar refractivity (Wildman–Crippen MR) is 141 cm³/mol. The summed E-state index contributed by atoms with van der Waals surface area (Å²) in [4.78, 5) is 29.4. The molecule has 0 saturated carbocycles. The number of aromatic amines is 2. The van der Waals surface area contributed by atoms with E-state index in [9.17, 15) is 10.1 Å². The number of fused-ring (bicyclic) bond motifs is 11. The molecule has 0 radical (unpaired) electrons. The molecule has 37 heavy (non-hydrogen) atoms. The molecule has 0 spiro atoms. The van der Waals surface area contributed by atoms with Crippen molar-refractivity contribution in [3.05, 3.63) is 111 Å². The maximum absolute atomic E-state index is 13.0. The summed E-state index contributed by atoms with van der Waals surface area (Å²) in [6.45, 7) is 1.52. The van der Waals surface area contributed by atoms with Crippen LogP contribution in [0.4, 0.5) is 0 Å². The quantitative estimate of drug-likeness (QED) is 0.271. The van der Waals surface area contributed by atoms with Crippen LogP contribution >= 0.6 is 0 Å². The number of para-hydroxylation sites is 2. The van der Waals surface area contributed by atoms with E-state index in [1.807, 2.05) is 30.5 Å². The van der Waals surface area contributed by atoms with E-state index in [0.29, 0.717) is 0 Å². The van der Waals surface area contributed by atoms with Gasteiger partial charge >= 0.3 is 0 Å². The SMILES string of the molecule is O=[N+]([O-])[C@@H]1[C@H]2c3[nH]c4ccccc4c3CCN2[C@H]2c3[nH]c4ccccc4c3CCN2[C@H]1c1cccnc1. The number of nitrogens with zero attached hydrogens (tertiary/aromatic N) is 4. The molecule has 6 heterocycles. The van der Waals surface area contributed by atoms with Gasteiger partial charge in [0, 0.05) is 57.9 Å². The Morgan fingerprint density at radius 1 is 0.811 bits per heavy atom. The largest absolute Gasteiger partial charge is 0.357 e. The third-order valence-corrected chi connectivity index (χ3v) is 8.75. The van der Waals surface area contributed by atoms with E-state index in [4.69, 9.17) is 0 Å². The molecule has 2 aromatic carbocycles. The van der Waals surface area contributed by atoms with Crippen molar-refractivity contribution >= 4 is 21.8 Å². The second-order valence-electron chi connectivity index (χ2n) is 10.4. The summed E-state index contributed by atoms with van der Waals surface area (Å²) in [6.07, 6.45) is 5.18. The fourth-order valence-electron chi connectivity index (χ4n) is 7.36. The average molecular weight is 491 g/mol. The zero-order chi connectivity index (χ0) is 24.7. The molecular formula is C29H26N6O2. The van der Waals surface area contributed by atoms with E-state index in [1.54, 1.807) is 6.20 Å². The van der Waals surface area contributed by atoms with Crippen LogP contribution in [-0.4, -0.2) is 48.8 Å². The first kappa shape index (κ1) is 21.1. The number of hydrogen-bond acceptors (Lipinski definition) is 5. The number of benzene rings is 2. The molecule has 4 atom stereocenters. The second-order valence-corrected chi connectivity index (χ2v) is 10.4. The normalized spacial score (nSPS) is 25.4. The van der Waals surface area contributed by atoms with E-state index >= 15 is 0 Å². The van der Waals surface area contributed by atoms with Gasteiger partial charge in [-0.3, -0.25) is 24.9 Å². The monoisotopic (exact) mass is 490 g/mol. The van der Waals surface area contributed by atoms with Crippen molar-refractivity contribution in [3.63, 3.8) is 0 Å². The number of nitrogens with one attached hydrogen (secondary N) is 2. The summed E-state index contributed by atoms with van der Waals surface area (Å²) in [5, 5.41) is 15.4. The zero-order valence-electron chi connectivity index (χ0n) is 20.2. The smallest absolute Gasteiger partial charge is 0.253 e. The fraction of sp³-hybridized carbons (Fsp3) is 0.276. The molecule has 8 rings (SSSR count). The molecule has 3 aromatic heterocycles. The molecule has 184 valence electrons. The molecule has 5 aromatic rings. The van der Waals surface area contributed by atoms with E-state index in [1.165, 1.54) is 27.6 Å². The summed E-state index contributed by atoms with van der Waals surface area (Å²) < 4.78 is 0. The third-order valence-electron chi connectivity index (χ3n) is 8.75. The molecule has 0 unspecified atom stereocenters. The maximum atomic E-state index is 13.0. The molecule has 3 aliphatic rings. The lowest BCUT2D eigenvalue weighted by Crippen LogP contribution is -2.62. The molecular weight excluding hydrogens is 464 g/mol. The number of nitro groups is 1. The summed E-state index contributed by atoms with van der Waals surface area (Å²) in [5.41, 5.74) is 7.79. The molecule has 8 heteroatoms. The maximum Gasteiger partial charge on any atom is 0.253 e. The van der Waals surface area contributed by atoms with Gasteiger partial charge in [0.1, 0.15) is 18.2 Å². The predicted octanol–water partition coefficient (Wildman–Crippen LogP) is 4.90. The van der Waals surface area contributed by atoms with Gasteiger partial charge < -0.3 is 9.97 Å². The van der Waals surface area contributed by atoms with Crippen molar-refractivity contribution in [2.75, 3.05) is 13.1 Å². The van der Waals surface area contributed by atoms with Gasteiger partial charge in [0.2, 0.25) is 0 Å². The lowest BCUT2D eigenvalue weighted by atomic mass is 9.80. The Morgan fingerprint density at radius 3 is 2.08 bits per heavy atom. The van der Waals surface area contributed by atoms with E-state index in [2.05, 4.69) is 61.1 Å². The van der Waals surface area contributed by atoms with Crippen LogP contribution in [0.3, 0.4) is 0 Å². The summed E-state index contributed by atoms with van der Waals surface area (Å²) >= 11 is 0. The lowest BCUT2D eigenvalue weighted by Gasteiger charge is -2.55. The van der Waals surface area contributed by atoms with Gasteiger partial charge in [0.25, 0.3) is 6.04 Å². The van der Waals surface area contributed by atoms with Gasteiger partial charge in [-0.15, -0.1) is 0 Å². The summed E-state index contributed by atoms with van der Waals surface area (Å²) in [7, 11) is 0. The number of H-pyrrole nitrogens is 2. The van der Waals surface area contributed by atoms with Crippen molar-refractivity contribution in [1.82, 2.24) is 24.8 Å². The molecule has 1 fully saturated rings. The van der Waals surface area contributed by atoms with Crippen LogP contribution in [0.15, 0.2) is 73.1 Å². The fourth-order valence-corrected chi connectivity index (χ4v) is 7.36. The van der Waals surface area contributed by atoms with Crippen LogP contribution in [0.2, 0.25) is 0 Å². The van der Waals surface area contributed by atoms with Crippen molar-refractivity contribution in [2.45, 2.75) is 37.1 Å². The molecule has 2 N–H and O–H groups in total. The molecule has 0 amide bonds.